The minimum atomic E-state index is 0.0923. The van der Waals surface area contributed by atoms with Crippen molar-refractivity contribution in [3.05, 3.63) is 65.7 Å². The van der Waals surface area contributed by atoms with E-state index in [0.717, 1.165) is 51.3 Å². The number of rotatable bonds is 6. The molecule has 0 aliphatic carbocycles. The van der Waals surface area contributed by atoms with E-state index in [2.05, 4.69) is 63.6 Å². The van der Waals surface area contributed by atoms with Crippen LogP contribution in [-0.4, -0.2) is 59.9 Å². The largest absolute Gasteiger partial charge is 0.325 e. The van der Waals surface area contributed by atoms with E-state index in [4.69, 9.17) is 0 Å². The van der Waals surface area contributed by atoms with Crippen molar-refractivity contribution in [2.75, 3.05) is 49.5 Å². The molecule has 2 heterocycles. The van der Waals surface area contributed by atoms with Crippen molar-refractivity contribution >= 4 is 23.4 Å². The Bertz CT molecular complexity index is 784. The van der Waals surface area contributed by atoms with E-state index in [9.17, 15) is 4.79 Å². The van der Waals surface area contributed by atoms with Crippen LogP contribution < -0.4 is 5.32 Å². The summed E-state index contributed by atoms with van der Waals surface area (Å²) in [7, 11) is 0. The van der Waals surface area contributed by atoms with E-state index in [1.165, 1.54) is 22.6 Å². The Morgan fingerprint density at radius 3 is 2.45 bits per heavy atom. The SMILES string of the molecule is O=C(CN1CCC(c2ccccc2)CC1)Nc1cccc(CN2CCSCC2)c1. The Morgan fingerprint density at radius 1 is 0.931 bits per heavy atom. The molecule has 2 aliphatic heterocycles. The number of carbonyl (C=O) groups is 1. The molecule has 0 unspecified atom stereocenters. The van der Waals surface area contributed by atoms with Gasteiger partial charge in [-0.15, -0.1) is 0 Å². The maximum Gasteiger partial charge on any atom is 0.238 e. The molecule has 2 saturated heterocycles. The number of likely N-dealkylation sites (tertiary alicyclic amines) is 1. The molecule has 0 aromatic heterocycles. The molecule has 0 spiro atoms. The first-order valence-corrected chi connectivity index (χ1v) is 11.9. The van der Waals surface area contributed by atoms with Gasteiger partial charge in [-0.05, 0) is 55.1 Å². The Kier molecular flexibility index (Phi) is 7.25. The molecule has 4 rings (SSSR count). The lowest BCUT2D eigenvalue weighted by Crippen LogP contribution is -2.38. The zero-order valence-corrected chi connectivity index (χ0v) is 17.9. The van der Waals surface area contributed by atoms with Crippen LogP contribution in [0.4, 0.5) is 5.69 Å². The summed E-state index contributed by atoms with van der Waals surface area (Å²) in [5.41, 5.74) is 3.62. The summed E-state index contributed by atoms with van der Waals surface area (Å²) in [6, 6.07) is 19.1. The van der Waals surface area contributed by atoms with E-state index in [1.54, 1.807) is 0 Å². The summed E-state index contributed by atoms with van der Waals surface area (Å²) in [5.74, 6) is 3.16. The first-order valence-electron chi connectivity index (χ1n) is 10.7. The summed E-state index contributed by atoms with van der Waals surface area (Å²) in [6.45, 7) is 5.73. The van der Waals surface area contributed by atoms with Gasteiger partial charge >= 0.3 is 0 Å². The second-order valence-corrected chi connectivity index (χ2v) is 9.32. The van der Waals surface area contributed by atoms with Gasteiger partial charge in [0.1, 0.15) is 0 Å². The number of piperidine rings is 1. The molecule has 29 heavy (non-hydrogen) atoms. The van der Waals surface area contributed by atoms with Crippen LogP contribution in [0.25, 0.3) is 0 Å². The molecule has 1 N–H and O–H groups in total. The van der Waals surface area contributed by atoms with E-state index in [1.807, 2.05) is 17.8 Å². The summed E-state index contributed by atoms with van der Waals surface area (Å²) < 4.78 is 0. The van der Waals surface area contributed by atoms with Crippen molar-refractivity contribution in [3.63, 3.8) is 0 Å². The summed E-state index contributed by atoms with van der Waals surface area (Å²) in [4.78, 5) is 17.3. The van der Waals surface area contributed by atoms with Crippen LogP contribution in [0.3, 0.4) is 0 Å². The Labute approximate surface area is 178 Å². The average molecular weight is 410 g/mol. The third-order valence-electron chi connectivity index (χ3n) is 5.95. The monoisotopic (exact) mass is 409 g/mol. The summed E-state index contributed by atoms with van der Waals surface area (Å²) in [6.07, 6.45) is 2.25. The fourth-order valence-electron chi connectivity index (χ4n) is 4.32. The number of nitrogens with zero attached hydrogens (tertiary/aromatic N) is 2. The standard InChI is InChI=1S/C24H31N3OS/c28-24(19-26-11-9-22(10-12-26)21-6-2-1-3-7-21)25-23-8-4-5-20(17-23)18-27-13-15-29-16-14-27/h1-8,17,22H,9-16,18-19H2,(H,25,28). The minimum Gasteiger partial charge on any atom is -0.325 e. The molecule has 2 aromatic carbocycles. The number of hydrogen-bond donors (Lipinski definition) is 1. The maximum atomic E-state index is 12.6. The van der Waals surface area contributed by atoms with Crippen molar-refractivity contribution in [1.29, 1.82) is 0 Å². The summed E-state index contributed by atoms with van der Waals surface area (Å²) in [5, 5.41) is 3.11. The number of nitrogens with one attached hydrogen (secondary N) is 1. The lowest BCUT2D eigenvalue weighted by Gasteiger charge is -2.31. The molecule has 5 heteroatoms. The van der Waals surface area contributed by atoms with Crippen LogP contribution in [0, 0.1) is 0 Å². The average Bonchev–Trinajstić information content (AvgIpc) is 2.76. The third kappa shape index (κ3) is 6.08. The zero-order chi connectivity index (χ0) is 19.9. The van der Waals surface area contributed by atoms with Crippen molar-refractivity contribution in [3.8, 4) is 0 Å². The number of carbonyl (C=O) groups excluding carboxylic acids is 1. The van der Waals surface area contributed by atoms with E-state index < -0.39 is 0 Å². The number of anilines is 1. The lowest BCUT2D eigenvalue weighted by atomic mass is 9.89. The normalized spacial score (nSPS) is 19.2. The Hall–Kier alpha value is -1.82. The highest BCUT2D eigenvalue weighted by molar-refractivity contribution is 7.99. The van der Waals surface area contributed by atoms with Gasteiger partial charge in [0.2, 0.25) is 5.91 Å². The number of benzene rings is 2. The van der Waals surface area contributed by atoms with Crippen LogP contribution in [0.1, 0.15) is 29.9 Å². The lowest BCUT2D eigenvalue weighted by molar-refractivity contribution is -0.117. The smallest absolute Gasteiger partial charge is 0.238 e. The number of hydrogen-bond acceptors (Lipinski definition) is 4. The first kappa shape index (κ1) is 20.5. The van der Waals surface area contributed by atoms with Gasteiger partial charge in [0.15, 0.2) is 0 Å². The maximum absolute atomic E-state index is 12.6. The molecule has 154 valence electrons. The number of amides is 1. The third-order valence-corrected chi connectivity index (χ3v) is 6.89. The molecule has 0 saturated carbocycles. The Balaban J connectivity index is 1.24. The number of thioether (sulfide) groups is 1. The highest BCUT2D eigenvalue weighted by Crippen LogP contribution is 2.27. The van der Waals surface area contributed by atoms with Crippen molar-refractivity contribution in [2.45, 2.75) is 25.3 Å². The quantitative estimate of drug-likeness (QED) is 0.781. The predicted octanol–water partition coefficient (Wildman–Crippen LogP) is 4.05. The van der Waals surface area contributed by atoms with Gasteiger partial charge in [-0.3, -0.25) is 14.6 Å². The zero-order valence-electron chi connectivity index (χ0n) is 17.1. The van der Waals surface area contributed by atoms with Gasteiger partial charge in [-0.1, -0.05) is 42.5 Å². The van der Waals surface area contributed by atoms with Gasteiger partial charge in [0.25, 0.3) is 0 Å². The molecule has 2 aliphatic rings. The molecular weight excluding hydrogens is 378 g/mol. The highest BCUT2D eigenvalue weighted by atomic mass is 32.2. The second kappa shape index (κ2) is 10.3. The Morgan fingerprint density at radius 2 is 1.69 bits per heavy atom. The molecule has 2 fully saturated rings. The van der Waals surface area contributed by atoms with Crippen molar-refractivity contribution in [2.24, 2.45) is 0 Å². The second-order valence-electron chi connectivity index (χ2n) is 8.10. The molecule has 0 radical (unpaired) electrons. The van der Waals surface area contributed by atoms with Gasteiger partial charge in [0.05, 0.1) is 6.54 Å². The van der Waals surface area contributed by atoms with Gasteiger partial charge in [-0.25, -0.2) is 0 Å². The van der Waals surface area contributed by atoms with Gasteiger partial charge in [0, 0.05) is 36.8 Å². The van der Waals surface area contributed by atoms with Crippen LogP contribution in [0.15, 0.2) is 54.6 Å². The van der Waals surface area contributed by atoms with Crippen LogP contribution >= 0.6 is 11.8 Å². The highest BCUT2D eigenvalue weighted by Gasteiger charge is 2.22. The molecule has 4 nitrogen and oxygen atoms in total. The predicted molar refractivity (Wildman–Crippen MR) is 123 cm³/mol. The van der Waals surface area contributed by atoms with Crippen molar-refractivity contribution < 1.29 is 4.79 Å². The van der Waals surface area contributed by atoms with Crippen LogP contribution in [0.2, 0.25) is 0 Å². The van der Waals surface area contributed by atoms with E-state index in [-0.39, 0.29) is 5.91 Å². The minimum absolute atomic E-state index is 0.0923. The van der Waals surface area contributed by atoms with E-state index in [0.29, 0.717) is 12.5 Å². The fraction of sp³-hybridized carbons (Fsp3) is 0.458. The van der Waals surface area contributed by atoms with E-state index >= 15 is 0 Å². The molecular formula is C24H31N3OS. The topological polar surface area (TPSA) is 35.6 Å². The molecule has 2 aromatic rings. The van der Waals surface area contributed by atoms with Crippen LogP contribution in [0.5, 0.6) is 0 Å². The molecule has 1 amide bonds. The molecule has 0 atom stereocenters. The fourth-order valence-corrected chi connectivity index (χ4v) is 5.30. The van der Waals surface area contributed by atoms with Gasteiger partial charge in [-0.2, -0.15) is 11.8 Å². The van der Waals surface area contributed by atoms with Crippen LogP contribution in [-0.2, 0) is 11.3 Å². The van der Waals surface area contributed by atoms with Gasteiger partial charge < -0.3 is 5.32 Å². The molecule has 0 bridgehead atoms. The van der Waals surface area contributed by atoms with Crippen molar-refractivity contribution in [1.82, 2.24) is 9.80 Å². The summed E-state index contributed by atoms with van der Waals surface area (Å²) >= 11 is 2.03. The first-order chi connectivity index (χ1) is 14.3.